The van der Waals surface area contributed by atoms with Crippen molar-refractivity contribution >= 4 is 23.8 Å². The Morgan fingerprint density at radius 2 is 2.36 bits per heavy atom. The van der Waals surface area contributed by atoms with Gasteiger partial charge in [0.25, 0.3) is 0 Å². The van der Waals surface area contributed by atoms with E-state index in [-0.39, 0.29) is 0 Å². The summed E-state index contributed by atoms with van der Waals surface area (Å²) in [5, 5.41) is 14.5. The minimum Gasteiger partial charge on any atom is -0.269 e. The smallest absolute Gasteiger partial charge is 0.238 e. The molecule has 0 aliphatic rings. The lowest BCUT2D eigenvalue weighted by atomic mass is 10.6. The predicted molar refractivity (Wildman–Crippen MR) is 52.4 cm³/mol. The van der Waals surface area contributed by atoms with Crippen LogP contribution in [-0.2, 0) is 13.1 Å². The van der Waals surface area contributed by atoms with Gasteiger partial charge in [-0.15, -0.1) is 0 Å². The second-order valence-electron chi connectivity index (χ2n) is 2.66. The van der Waals surface area contributed by atoms with Gasteiger partial charge in [-0.05, 0) is 12.2 Å². The normalized spacial score (nSPS) is 10.6. The lowest BCUT2D eigenvalue weighted by molar-refractivity contribution is 0.486. The van der Waals surface area contributed by atoms with Crippen LogP contribution >= 0.6 is 23.8 Å². The van der Waals surface area contributed by atoms with E-state index in [0.717, 1.165) is 0 Å². The van der Waals surface area contributed by atoms with Crippen molar-refractivity contribution in [3.63, 3.8) is 0 Å². The molecule has 2 aromatic heterocycles. The second-order valence-corrected chi connectivity index (χ2v) is 3.46. The van der Waals surface area contributed by atoms with Crippen molar-refractivity contribution in [2.24, 2.45) is 0 Å². The van der Waals surface area contributed by atoms with E-state index in [4.69, 9.17) is 23.8 Å². The number of H-pyrrole nitrogens is 1. The summed E-state index contributed by atoms with van der Waals surface area (Å²) in [5.41, 5.74) is 0. The highest BCUT2D eigenvalue weighted by Crippen LogP contribution is 2.04. The molecule has 0 saturated carbocycles. The highest BCUT2D eigenvalue weighted by Gasteiger charge is 1.98. The number of aromatic nitrogens is 6. The minimum absolute atomic E-state index is 0.434. The van der Waals surface area contributed by atoms with E-state index >= 15 is 0 Å². The van der Waals surface area contributed by atoms with Gasteiger partial charge in [0.1, 0.15) is 0 Å². The molecule has 0 fully saturated rings. The first-order valence-corrected chi connectivity index (χ1v) is 4.70. The molecule has 2 aromatic rings. The summed E-state index contributed by atoms with van der Waals surface area (Å²) in [6.45, 7) is 1.31. The summed E-state index contributed by atoms with van der Waals surface area (Å²) in [5.74, 6) is 0. The van der Waals surface area contributed by atoms with Crippen LogP contribution < -0.4 is 0 Å². The third-order valence-electron chi connectivity index (χ3n) is 1.69. The molecule has 0 radical (unpaired) electrons. The van der Waals surface area contributed by atoms with Gasteiger partial charge >= 0.3 is 0 Å². The Labute approximate surface area is 89.5 Å². The van der Waals surface area contributed by atoms with Crippen molar-refractivity contribution < 1.29 is 0 Å². The van der Waals surface area contributed by atoms with Gasteiger partial charge in [0.15, 0.2) is 0 Å². The van der Waals surface area contributed by atoms with Crippen LogP contribution in [0, 0.1) is 4.77 Å². The Hall–Kier alpha value is -1.21. The van der Waals surface area contributed by atoms with E-state index < -0.39 is 0 Å². The third kappa shape index (κ3) is 1.99. The van der Waals surface area contributed by atoms with Crippen LogP contribution in [0.15, 0.2) is 12.4 Å². The van der Waals surface area contributed by atoms with Gasteiger partial charge in [-0.3, -0.25) is 4.68 Å². The Balaban J connectivity index is 2.01. The molecule has 0 atom stereocenters. The van der Waals surface area contributed by atoms with Crippen LogP contribution in [0.3, 0.4) is 0 Å². The predicted octanol–water partition coefficient (Wildman–Crippen LogP) is 0.886. The largest absolute Gasteiger partial charge is 0.269 e. The summed E-state index contributed by atoms with van der Waals surface area (Å²) in [6, 6.07) is 0. The fourth-order valence-corrected chi connectivity index (χ4v) is 1.35. The lowest BCUT2D eigenvalue weighted by Gasteiger charge is -2.00. The number of aryl methyl sites for hydroxylation is 2. The summed E-state index contributed by atoms with van der Waals surface area (Å²) >= 11 is 10.6. The number of halogens is 1. The van der Waals surface area contributed by atoms with Crippen LogP contribution in [0.2, 0.25) is 5.02 Å². The molecule has 6 nitrogen and oxygen atoms in total. The maximum absolute atomic E-state index is 5.71. The molecular formula is C6H7ClN6S. The summed E-state index contributed by atoms with van der Waals surface area (Å²) in [6.07, 6.45) is 3.33. The van der Waals surface area contributed by atoms with E-state index in [1.807, 2.05) is 0 Å². The van der Waals surface area contributed by atoms with Crippen LogP contribution in [0.25, 0.3) is 0 Å². The number of rotatable bonds is 3. The molecule has 0 aromatic carbocycles. The van der Waals surface area contributed by atoms with Gasteiger partial charge in [0.05, 0.1) is 24.3 Å². The SMILES string of the molecule is S=c1nn[nH]n1CCn1cc(Cl)cn1. The van der Waals surface area contributed by atoms with Gasteiger partial charge in [0.2, 0.25) is 4.77 Å². The van der Waals surface area contributed by atoms with E-state index in [1.165, 1.54) is 0 Å². The highest BCUT2D eigenvalue weighted by atomic mass is 35.5. The topological polar surface area (TPSA) is 64.3 Å². The maximum atomic E-state index is 5.71. The Kier molecular flexibility index (Phi) is 2.60. The minimum atomic E-state index is 0.434. The monoisotopic (exact) mass is 230 g/mol. The van der Waals surface area contributed by atoms with E-state index in [1.54, 1.807) is 21.8 Å². The third-order valence-corrected chi connectivity index (χ3v) is 2.18. The molecule has 0 unspecified atom stereocenters. The first-order valence-electron chi connectivity index (χ1n) is 3.91. The number of hydrogen-bond acceptors (Lipinski definition) is 4. The van der Waals surface area contributed by atoms with Gasteiger partial charge < -0.3 is 0 Å². The number of nitrogens with zero attached hydrogens (tertiary/aromatic N) is 5. The average molecular weight is 231 g/mol. The summed E-state index contributed by atoms with van der Waals surface area (Å²) in [7, 11) is 0. The Morgan fingerprint density at radius 1 is 1.50 bits per heavy atom. The van der Waals surface area contributed by atoms with Gasteiger partial charge in [-0.25, -0.2) is 4.68 Å². The molecule has 74 valence electrons. The molecule has 1 N–H and O–H groups in total. The fraction of sp³-hybridized carbons (Fsp3) is 0.333. The quantitative estimate of drug-likeness (QED) is 0.796. The lowest BCUT2D eigenvalue weighted by Crippen LogP contribution is -2.09. The van der Waals surface area contributed by atoms with Gasteiger partial charge in [0, 0.05) is 6.20 Å². The zero-order valence-corrected chi connectivity index (χ0v) is 8.66. The zero-order chi connectivity index (χ0) is 9.97. The highest BCUT2D eigenvalue weighted by molar-refractivity contribution is 7.71. The van der Waals surface area contributed by atoms with E-state index in [2.05, 4.69) is 20.6 Å². The second kappa shape index (κ2) is 3.89. The van der Waals surface area contributed by atoms with Crippen molar-refractivity contribution in [3.8, 4) is 0 Å². The number of nitrogens with one attached hydrogen (secondary N) is 1. The van der Waals surface area contributed by atoms with Crippen molar-refractivity contribution in [2.75, 3.05) is 0 Å². The Bertz CT molecular complexity index is 470. The first-order chi connectivity index (χ1) is 6.75. The van der Waals surface area contributed by atoms with Crippen LogP contribution in [0.4, 0.5) is 0 Å². The molecule has 8 heteroatoms. The molecule has 14 heavy (non-hydrogen) atoms. The van der Waals surface area contributed by atoms with E-state index in [0.29, 0.717) is 22.9 Å². The molecule has 2 heterocycles. The standard InChI is InChI=1S/C6H7ClN6S/c7-5-3-8-12(4-5)1-2-13-6(14)9-10-11-13/h3-4H,1-2H2,(H,9,11,14). The number of hydrogen-bond donors (Lipinski definition) is 1. The molecule has 0 spiro atoms. The molecule has 0 aliphatic heterocycles. The average Bonchev–Trinajstić information content (AvgIpc) is 2.72. The van der Waals surface area contributed by atoms with Crippen LogP contribution in [-0.4, -0.2) is 30.0 Å². The Morgan fingerprint density at radius 3 is 2.93 bits per heavy atom. The van der Waals surface area contributed by atoms with Crippen LogP contribution in [0.1, 0.15) is 0 Å². The maximum Gasteiger partial charge on any atom is 0.238 e. The zero-order valence-electron chi connectivity index (χ0n) is 7.09. The van der Waals surface area contributed by atoms with Crippen molar-refractivity contribution in [1.82, 2.24) is 30.0 Å². The summed E-state index contributed by atoms with van der Waals surface area (Å²) in [4.78, 5) is 0. The van der Waals surface area contributed by atoms with Crippen molar-refractivity contribution in [3.05, 3.63) is 22.2 Å². The van der Waals surface area contributed by atoms with Crippen molar-refractivity contribution in [1.29, 1.82) is 0 Å². The number of aromatic amines is 1. The molecular weight excluding hydrogens is 224 g/mol. The van der Waals surface area contributed by atoms with Gasteiger partial charge in [-0.2, -0.15) is 10.3 Å². The van der Waals surface area contributed by atoms with E-state index in [9.17, 15) is 0 Å². The first kappa shape index (κ1) is 9.35. The molecule has 0 aliphatic carbocycles. The molecule has 0 amide bonds. The number of tetrazole rings is 1. The molecule has 0 bridgehead atoms. The fourth-order valence-electron chi connectivity index (χ4n) is 1.02. The summed E-state index contributed by atoms with van der Waals surface area (Å²) < 4.78 is 3.82. The van der Waals surface area contributed by atoms with Crippen molar-refractivity contribution in [2.45, 2.75) is 13.1 Å². The molecule has 0 saturated heterocycles. The molecule has 2 rings (SSSR count). The van der Waals surface area contributed by atoms with Gasteiger partial charge in [-0.1, -0.05) is 21.9 Å². The van der Waals surface area contributed by atoms with Crippen LogP contribution in [0.5, 0.6) is 0 Å².